The normalized spacial score (nSPS) is 11.2. The van der Waals surface area contributed by atoms with Gasteiger partial charge in [-0.05, 0) is 30.3 Å². The van der Waals surface area contributed by atoms with Crippen LogP contribution in [0.15, 0.2) is 60.1 Å². The van der Waals surface area contributed by atoms with Gasteiger partial charge < -0.3 is 5.32 Å². The first-order chi connectivity index (χ1) is 12.4. The van der Waals surface area contributed by atoms with Crippen LogP contribution in [0, 0.1) is 0 Å². The summed E-state index contributed by atoms with van der Waals surface area (Å²) in [6.45, 7) is 0. The average molecular weight is 387 g/mol. The Balaban J connectivity index is 2.04. The van der Waals surface area contributed by atoms with Crippen molar-refractivity contribution in [2.24, 2.45) is 0 Å². The summed E-state index contributed by atoms with van der Waals surface area (Å²) in [6, 6.07) is 13.9. The van der Waals surface area contributed by atoms with Gasteiger partial charge in [-0.1, -0.05) is 18.2 Å². The highest BCUT2D eigenvalue weighted by Gasteiger charge is 2.19. The largest absolute Gasteiger partial charge is 0.320 e. The standard InChI is InChI=1S/C18H17N3O3S2/c1-21(26(2,23)24)16-9-8-14(18-19-10-11-25-18)12-15(16)20-17(22)13-6-4-3-5-7-13/h3-12H,1-2H3,(H,20,22). The number of hydrogen-bond acceptors (Lipinski definition) is 5. The van der Waals surface area contributed by atoms with Gasteiger partial charge in [0.25, 0.3) is 5.91 Å². The Morgan fingerprint density at radius 3 is 2.50 bits per heavy atom. The van der Waals surface area contributed by atoms with Crippen LogP contribution in [-0.2, 0) is 10.0 Å². The predicted octanol–water partition coefficient (Wildman–Crippen LogP) is 3.46. The summed E-state index contributed by atoms with van der Waals surface area (Å²) < 4.78 is 25.1. The summed E-state index contributed by atoms with van der Waals surface area (Å²) in [5.41, 5.74) is 2.07. The number of rotatable bonds is 5. The summed E-state index contributed by atoms with van der Waals surface area (Å²) in [4.78, 5) is 16.8. The van der Waals surface area contributed by atoms with Gasteiger partial charge in [0.15, 0.2) is 0 Å². The molecular weight excluding hydrogens is 370 g/mol. The van der Waals surface area contributed by atoms with Crippen molar-refractivity contribution in [3.05, 3.63) is 65.7 Å². The Hall–Kier alpha value is -2.71. The third-order valence-corrected chi connectivity index (χ3v) is 5.81. The molecule has 0 bridgehead atoms. The number of nitrogens with one attached hydrogen (secondary N) is 1. The molecule has 0 aliphatic heterocycles. The topological polar surface area (TPSA) is 79.4 Å². The van der Waals surface area contributed by atoms with Crippen LogP contribution < -0.4 is 9.62 Å². The first-order valence-electron chi connectivity index (χ1n) is 7.70. The van der Waals surface area contributed by atoms with E-state index in [1.807, 2.05) is 11.4 Å². The van der Waals surface area contributed by atoms with Crippen LogP contribution >= 0.6 is 11.3 Å². The maximum absolute atomic E-state index is 12.5. The smallest absolute Gasteiger partial charge is 0.255 e. The lowest BCUT2D eigenvalue weighted by Gasteiger charge is -2.21. The number of hydrogen-bond donors (Lipinski definition) is 1. The third kappa shape index (κ3) is 3.92. The lowest BCUT2D eigenvalue weighted by Crippen LogP contribution is -2.26. The van der Waals surface area contributed by atoms with Crippen LogP contribution in [0.3, 0.4) is 0 Å². The Morgan fingerprint density at radius 1 is 1.15 bits per heavy atom. The molecule has 0 spiro atoms. The van der Waals surface area contributed by atoms with Gasteiger partial charge in [0.1, 0.15) is 5.01 Å². The maximum atomic E-state index is 12.5. The number of amides is 1. The number of nitrogens with zero attached hydrogens (tertiary/aromatic N) is 2. The van der Waals surface area contributed by atoms with E-state index in [1.165, 1.54) is 18.4 Å². The molecule has 0 aliphatic carbocycles. The van der Waals surface area contributed by atoms with E-state index in [1.54, 1.807) is 48.7 Å². The quantitative estimate of drug-likeness (QED) is 0.727. The number of carbonyl (C=O) groups excluding carboxylic acids is 1. The molecule has 0 saturated carbocycles. The minimum Gasteiger partial charge on any atom is -0.320 e. The first-order valence-corrected chi connectivity index (χ1v) is 10.4. The zero-order chi connectivity index (χ0) is 18.7. The second-order valence-corrected chi connectivity index (χ2v) is 8.53. The fourth-order valence-corrected chi connectivity index (χ4v) is 3.52. The van der Waals surface area contributed by atoms with Crippen molar-refractivity contribution in [1.82, 2.24) is 4.98 Å². The van der Waals surface area contributed by atoms with Crippen LogP contribution in [-0.4, -0.2) is 32.6 Å². The molecule has 0 aliphatic rings. The zero-order valence-electron chi connectivity index (χ0n) is 14.2. The molecule has 0 unspecified atom stereocenters. The molecule has 26 heavy (non-hydrogen) atoms. The van der Waals surface area contributed by atoms with Crippen molar-refractivity contribution in [2.45, 2.75) is 0 Å². The molecule has 1 amide bonds. The Morgan fingerprint density at radius 2 is 1.88 bits per heavy atom. The van der Waals surface area contributed by atoms with E-state index in [4.69, 9.17) is 0 Å². The molecule has 8 heteroatoms. The second kappa shape index (κ2) is 7.27. The Labute approximate surface area is 156 Å². The summed E-state index contributed by atoms with van der Waals surface area (Å²) in [5.74, 6) is -0.315. The number of carbonyl (C=O) groups is 1. The second-order valence-electron chi connectivity index (χ2n) is 5.62. The molecule has 6 nitrogen and oxygen atoms in total. The first kappa shape index (κ1) is 18.1. The molecule has 1 aromatic heterocycles. The van der Waals surface area contributed by atoms with E-state index in [9.17, 15) is 13.2 Å². The Kier molecular flexibility index (Phi) is 5.06. The summed E-state index contributed by atoms with van der Waals surface area (Å²) in [5, 5.41) is 5.46. The third-order valence-electron chi connectivity index (χ3n) is 3.80. The molecule has 1 heterocycles. The number of benzene rings is 2. The van der Waals surface area contributed by atoms with E-state index in [0.29, 0.717) is 16.9 Å². The summed E-state index contributed by atoms with van der Waals surface area (Å²) in [7, 11) is -2.03. The van der Waals surface area contributed by atoms with E-state index in [2.05, 4.69) is 10.3 Å². The van der Waals surface area contributed by atoms with Gasteiger partial charge >= 0.3 is 0 Å². The minimum absolute atomic E-state index is 0.315. The van der Waals surface area contributed by atoms with Crippen LogP contribution in [0.5, 0.6) is 0 Å². The molecule has 0 radical (unpaired) electrons. The van der Waals surface area contributed by atoms with E-state index in [0.717, 1.165) is 21.1 Å². The fourth-order valence-electron chi connectivity index (χ4n) is 2.37. The van der Waals surface area contributed by atoms with E-state index in [-0.39, 0.29) is 5.91 Å². The molecule has 0 fully saturated rings. The fraction of sp³-hybridized carbons (Fsp3) is 0.111. The summed E-state index contributed by atoms with van der Waals surface area (Å²) >= 11 is 1.46. The van der Waals surface area contributed by atoms with E-state index < -0.39 is 10.0 Å². The van der Waals surface area contributed by atoms with Gasteiger partial charge in [-0.25, -0.2) is 13.4 Å². The van der Waals surface area contributed by atoms with Gasteiger partial charge in [-0.3, -0.25) is 9.10 Å². The van der Waals surface area contributed by atoms with Gasteiger partial charge in [-0.2, -0.15) is 0 Å². The number of sulfonamides is 1. The highest BCUT2D eigenvalue weighted by Crippen LogP contribution is 2.33. The average Bonchev–Trinajstić information content (AvgIpc) is 3.16. The van der Waals surface area contributed by atoms with Crippen molar-refractivity contribution >= 4 is 38.6 Å². The highest BCUT2D eigenvalue weighted by atomic mass is 32.2. The van der Waals surface area contributed by atoms with Crippen molar-refractivity contribution in [1.29, 1.82) is 0 Å². The number of anilines is 2. The lowest BCUT2D eigenvalue weighted by atomic mass is 10.1. The van der Waals surface area contributed by atoms with Crippen molar-refractivity contribution < 1.29 is 13.2 Å². The molecule has 3 aromatic rings. The number of thiazole rings is 1. The van der Waals surface area contributed by atoms with Gasteiger partial charge in [-0.15, -0.1) is 11.3 Å². The van der Waals surface area contributed by atoms with Gasteiger partial charge in [0, 0.05) is 29.8 Å². The molecule has 3 rings (SSSR count). The van der Waals surface area contributed by atoms with Crippen LogP contribution in [0.2, 0.25) is 0 Å². The molecule has 0 atom stereocenters. The Bertz CT molecular complexity index is 1020. The molecule has 134 valence electrons. The molecule has 2 aromatic carbocycles. The van der Waals surface area contributed by atoms with Gasteiger partial charge in [0.2, 0.25) is 10.0 Å². The minimum atomic E-state index is -3.48. The highest BCUT2D eigenvalue weighted by molar-refractivity contribution is 7.92. The van der Waals surface area contributed by atoms with Crippen molar-refractivity contribution in [3.63, 3.8) is 0 Å². The van der Waals surface area contributed by atoms with Crippen molar-refractivity contribution in [2.75, 3.05) is 22.9 Å². The van der Waals surface area contributed by atoms with Gasteiger partial charge in [0.05, 0.1) is 17.6 Å². The van der Waals surface area contributed by atoms with Crippen LogP contribution in [0.25, 0.3) is 10.6 Å². The SMILES string of the molecule is CN(c1ccc(-c2nccs2)cc1NC(=O)c1ccccc1)S(C)(=O)=O. The molecular formula is C18H17N3O3S2. The summed E-state index contributed by atoms with van der Waals surface area (Å²) in [6.07, 6.45) is 2.81. The maximum Gasteiger partial charge on any atom is 0.255 e. The van der Waals surface area contributed by atoms with Crippen LogP contribution in [0.1, 0.15) is 10.4 Å². The van der Waals surface area contributed by atoms with Crippen molar-refractivity contribution in [3.8, 4) is 10.6 Å². The predicted molar refractivity (Wildman–Crippen MR) is 105 cm³/mol. The zero-order valence-corrected chi connectivity index (χ0v) is 15.8. The van der Waals surface area contributed by atoms with Crippen LogP contribution in [0.4, 0.5) is 11.4 Å². The molecule has 0 saturated heterocycles. The number of aromatic nitrogens is 1. The van der Waals surface area contributed by atoms with E-state index >= 15 is 0 Å². The monoisotopic (exact) mass is 387 g/mol. The lowest BCUT2D eigenvalue weighted by molar-refractivity contribution is 0.102. The molecule has 1 N–H and O–H groups in total.